The van der Waals surface area contributed by atoms with Crippen LogP contribution in [0, 0.1) is 13.8 Å². The molecular formula is C26H32N2. The first kappa shape index (κ1) is 20.2. The third-order valence-electron chi connectivity index (χ3n) is 5.59. The van der Waals surface area contributed by atoms with Crippen LogP contribution in [-0.2, 0) is 12.0 Å². The average Bonchev–Trinajstić information content (AvgIpc) is 3.01. The Morgan fingerprint density at radius 1 is 0.964 bits per heavy atom. The quantitative estimate of drug-likeness (QED) is 0.531. The summed E-state index contributed by atoms with van der Waals surface area (Å²) in [6.45, 7) is 14.8. The lowest BCUT2D eigenvalue weighted by atomic mass is 9.78. The maximum atomic E-state index is 4.29. The molecule has 0 aliphatic carbocycles. The second-order valence-electron chi connectivity index (χ2n) is 8.47. The van der Waals surface area contributed by atoms with Crippen molar-refractivity contribution in [1.82, 2.24) is 9.88 Å². The van der Waals surface area contributed by atoms with Crippen LogP contribution >= 0.6 is 0 Å². The maximum Gasteiger partial charge on any atom is 0.0451 e. The summed E-state index contributed by atoms with van der Waals surface area (Å²) in [6.07, 6.45) is 0. The van der Waals surface area contributed by atoms with E-state index in [1.54, 1.807) is 0 Å². The summed E-state index contributed by atoms with van der Waals surface area (Å²) in [5.41, 5.74) is 8.76. The molecule has 2 aromatic carbocycles. The molecule has 0 fully saturated rings. The lowest BCUT2D eigenvalue weighted by Gasteiger charge is -2.26. The van der Waals surface area contributed by atoms with Crippen molar-refractivity contribution in [1.29, 1.82) is 0 Å². The smallest absolute Gasteiger partial charge is 0.0451 e. The molecule has 2 nitrogen and oxygen atoms in total. The first-order valence-electron chi connectivity index (χ1n) is 9.95. The van der Waals surface area contributed by atoms with E-state index < -0.39 is 0 Å². The zero-order chi connectivity index (χ0) is 20.3. The van der Waals surface area contributed by atoms with Gasteiger partial charge in [-0.05, 0) is 54.8 Å². The molecule has 0 saturated heterocycles. The monoisotopic (exact) mass is 372 g/mol. The van der Waals surface area contributed by atoms with Crippen molar-refractivity contribution in [3.63, 3.8) is 0 Å². The van der Waals surface area contributed by atoms with E-state index in [1.807, 2.05) is 0 Å². The van der Waals surface area contributed by atoms with Crippen LogP contribution in [0.25, 0.3) is 5.57 Å². The van der Waals surface area contributed by atoms with E-state index in [2.05, 4.69) is 112 Å². The number of aromatic nitrogens is 1. The highest BCUT2D eigenvalue weighted by molar-refractivity contribution is 5.65. The van der Waals surface area contributed by atoms with Gasteiger partial charge in [-0.3, -0.25) is 4.90 Å². The lowest BCUT2D eigenvalue weighted by Crippen LogP contribution is -2.21. The highest BCUT2D eigenvalue weighted by Gasteiger charge is 2.22. The van der Waals surface area contributed by atoms with E-state index in [0.717, 1.165) is 18.7 Å². The summed E-state index contributed by atoms with van der Waals surface area (Å²) in [5.74, 6) is 0. The summed E-state index contributed by atoms with van der Waals surface area (Å²) in [6, 6.07) is 21.9. The molecule has 3 aromatic rings. The van der Waals surface area contributed by atoms with Crippen LogP contribution in [-0.4, -0.2) is 23.5 Å². The highest BCUT2D eigenvalue weighted by Crippen LogP contribution is 2.31. The van der Waals surface area contributed by atoms with Crippen molar-refractivity contribution < 1.29 is 0 Å². The maximum absolute atomic E-state index is 4.29. The molecule has 0 radical (unpaired) electrons. The van der Waals surface area contributed by atoms with E-state index in [1.165, 1.54) is 33.6 Å². The first-order valence-corrected chi connectivity index (χ1v) is 9.95. The summed E-state index contributed by atoms with van der Waals surface area (Å²) in [5, 5.41) is 0. The Morgan fingerprint density at radius 2 is 1.57 bits per heavy atom. The van der Waals surface area contributed by atoms with Gasteiger partial charge < -0.3 is 4.98 Å². The zero-order valence-electron chi connectivity index (χ0n) is 17.8. The molecule has 146 valence electrons. The molecule has 1 heterocycles. The van der Waals surface area contributed by atoms with Crippen LogP contribution in [0.5, 0.6) is 0 Å². The van der Waals surface area contributed by atoms with Crippen molar-refractivity contribution in [2.45, 2.75) is 39.7 Å². The van der Waals surface area contributed by atoms with Gasteiger partial charge in [0.15, 0.2) is 0 Å². The number of nitrogens with zero attached hydrogens (tertiary/aromatic N) is 1. The molecule has 1 N–H and O–H groups in total. The fourth-order valence-corrected chi connectivity index (χ4v) is 3.92. The molecule has 0 spiro atoms. The number of rotatable bonds is 7. The van der Waals surface area contributed by atoms with E-state index in [4.69, 9.17) is 0 Å². The Balaban J connectivity index is 1.65. The minimum Gasteiger partial charge on any atom is -0.359 e. The van der Waals surface area contributed by atoms with Crippen molar-refractivity contribution in [3.8, 4) is 0 Å². The van der Waals surface area contributed by atoms with Gasteiger partial charge in [0.05, 0.1) is 0 Å². The number of nitrogens with one attached hydrogen (secondary N) is 1. The van der Waals surface area contributed by atoms with Crippen molar-refractivity contribution in [2.75, 3.05) is 13.6 Å². The predicted octanol–water partition coefficient (Wildman–Crippen LogP) is 6.10. The van der Waals surface area contributed by atoms with Gasteiger partial charge in [-0.2, -0.15) is 0 Å². The number of aryl methyl sites for hydroxylation is 2. The van der Waals surface area contributed by atoms with Crippen molar-refractivity contribution >= 4 is 5.57 Å². The fraction of sp³-hybridized carbons (Fsp3) is 0.308. The van der Waals surface area contributed by atoms with E-state index in [-0.39, 0.29) is 5.41 Å². The average molecular weight is 373 g/mol. The van der Waals surface area contributed by atoms with Crippen LogP contribution in [0.3, 0.4) is 0 Å². The topological polar surface area (TPSA) is 19.0 Å². The molecular weight excluding hydrogens is 340 g/mol. The summed E-state index contributed by atoms with van der Waals surface area (Å²) in [4.78, 5) is 5.74. The van der Waals surface area contributed by atoms with E-state index in [9.17, 15) is 0 Å². The number of aromatic amines is 1. The van der Waals surface area contributed by atoms with Crippen molar-refractivity contribution in [3.05, 3.63) is 101 Å². The second kappa shape index (κ2) is 8.20. The molecule has 3 rings (SSSR count). The Morgan fingerprint density at radius 3 is 2.14 bits per heavy atom. The van der Waals surface area contributed by atoms with E-state index >= 15 is 0 Å². The molecule has 1 aromatic heterocycles. The number of likely N-dealkylation sites (N-methyl/N-ethyl adjacent to an activating group) is 1. The Hall–Kier alpha value is -2.58. The standard InChI is InChI=1S/C26H32N2/c1-19-16-21(3)27-25(19)20(2)17-28(6)18-22-12-14-24(15-13-22)26(4,5)23-10-8-7-9-11-23/h7-16,27H,2,17-18H2,1,3-6H3. The van der Waals surface area contributed by atoms with Gasteiger partial charge in [0.2, 0.25) is 0 Å². The Kier molecular flexibility index (Phi) is 5.90. The SMILES string of the molecule is C=C(CN(C)Cc1ccc(C(C)(C)c2ccccc2)cc1)c1[nH]c(C)cc1C. The molecule has 0 amide bonds. The molecule has 0 aliphatic rings. The van der Waals surface area contributed by atoms with Crippen molar-refractivity contribution in [2.24, 2.45) is 0 Å². The lowest BCUT2D eigenvalue weighted by molar-refractivity contribution is 0.368. The van der Waals surface area contributed by atoms with Gasteiger partial charge >= 0.3 is 0 Å². The van der Waals surface area contributed by atoms with Gasteiger partial charge in [0, 0.05) is 29.9 Å². The van der Waals surface area contributed by atoms with Crippen LogP contribution in [0.4, 0.5) is 0 Å². The van der Waals surface area contributed by atoms with E-state index in [0.29, 0.717) is 0 Å². The molecule has 0 aliphatic heterocycles. The highest BCUT2D eigenvalue weighted by atomic mass is 15.1. The van der Waals surface area contributed by atoms with Crippen LogP contribution in [0.1, 0.15) is 47.5 Å². The molecule has 0 saturated carbocycles. The van der Waals surface area contributed by atoms with Gasteiger partial charge in [-0.1, -0.05) is 75.0 Å². The molecule has 2 heteroatoms. The zero-order valence-corrected chi connectivity index (χ0v) is 17.8. The molecule has 0 unspecified atom stereocenters. The van der Waals surface area contributed by atoms with Gasteiger partial charge in [-0.15, -0.1) is 0 Å². The largest absolute Gasteiger partial charge is 0.359 e. The minimum absolute atomic E-state index is 0.00296. The minimum atomic E-state index is 0.00296. The third kappa shape index (κ3) is 4.45. The normalized spacial score (nSPS) is 11.8. The Labute approximate surface area is 169 Å². The Bertz CT molecular complexity index is 930. The molecule has 0 atom stereocenters. The van der Waals surface area contributed by atoms with Gasteiger partial charge in [0.1, 0.15) is 0 Å². The summed E-state index contributed by atoms with van der Waals surface area (Å²) < 4.78 is 0. The number of H-pyrrole nitrogens is 1. The second-order valence-corrected chi connectivity index (χ2v) is 8.47. The number of benzene rings is 2. The fourth-order valence-electron chi connectivity index (χ4n) is 3.92. The van der Waals surface area contributed by atoms with Crippen LogP contribution < -0.4 is 0 Å². The third-order valence-corrected chi connectivity index (χ3v) is 5.59. The molecule has 28 heavy (non-hydrogen) atoms. The predicted molar refractivity (Wildman–Crippen MR) is 121 cm³/mol. The summed E-state index contributed by atoms with van der Waals surface area (Å²) in [7, 11) is 2.15. The number of hydrogen-bond acceptors (Lipinski definition) is 1. The van der Waals surface area contributed by atoms with Gasteiger partial charge in [-0.25, -0.2) is 0 Å². The summed E-state index contributed by atoms with van der Waals surface area (Å²) >= 11 is 0. The number of hydrogen-bond donors (Lipinski definition) is 1. The van der Waals surface area contributed by atoms with Gasteiger partial charge in [0.25, 0.3) is 0 Å². The molecule has 0 bridgehead atoms. The van der Waals surface area contributed by atoms with Crippen LogP contribution in [0.2, 0.25) is 0 Å². The first-order chi connectivity index (χ1) is 13.3. The van der Waals surface area contributed by atoms with Crippen LogP contribution in [0.15, 0.2) is 67.2 Å².